The third-order valence-corrected chi connectivity index (χ3v) is 12.1. The number of piperidine rings is 1. The number of likely N-dealkylation sites (tertiary alicyclic amines) is 2. The summed E-state index contributed by atoms with van der Waals surface area (Å²) in [5, 5.41) is 3.12. The fraction of sp³-hybridized carbons (Fsp3) is 0.692. The predicted octanol–water partition coefficient (Wildman–Crippen LogP) is 3.94. The van der Waals surface area contributed by atoms with Crippen molar-refractivity contribution in [3.8, 4) is 0 Å². The van der Waals surface area contributed by atoms with Crippen LogP contribution in [0.5, 0.6) is 0 Å². The van der Waals surface area contributed by atoms with E-state index in [4.69, 9.17) is 10.5 Å². The maximum Gasteiger partial charge on any atom is 0.264 e. The van der Waals surface area contributed by atoms with Crippen LogP contribution in [0.15, 0.2) is 40.8 Å². The molecule has 0 saturated carbocycles. The molecule has 0 aliphatic carbocycles. The van der Waals surface area contributed by atoms with Crippen LogP contribution in [0, 0.1) is 17.3 Å². The molecule has 2 heterocycles. The summed E-state index contributed by atoms with van der Waals surface area (Å²) in [6, 6.07) is 3.70. The molecule has 53 heavy (non-hydrogen) atoms. The highest BCUT2D eigenvalue weighted by molar-refractivity contribution is 7.90. The fourth-order valence-electron chi connectivity index (χ4n) is 7.56. The van der Waals surface area contributed by atoms with Gasteiger partial charge in [-0.05, 0) is 88.6 Å². The maximum atomic E-state index is 14.3. The van der Waals surface area contributed by atoms with E-state index in [9.17, 15) is 27.6 Å². The van der Waals surface area contributed by atoms with Crippen molar-refractivity contribution in [3.05, 3.63) is 35.9 Å². The number of nitrogens with two attached hydrogens (primary N) is 1. The number of nitrogens with zero attached hydrogens (tertiary/aromatic N) is 3. The van der Waals surface area contributed by atoms with Crippen LogP contribution < -0.4 is 15.8 Å². The predicted molar refractivity (Wildman–Crippen MR) is 207 cm³/mol. The van der Waals surface area contributed by atoms with E-state index in [0.717, 1.165) is 25.8 Å². The molecule has 0 radical (unpaired) electrons. The van der Waals surface area contributed by atoms with Crippen LogP contribution in [0.1, 0.15) is 94.4 Å². The molecule has 1 aromatic carbocycles. The van der Waals surface area contributed by atoms with Crippen LogP contribution in [-0.4, -0.2) is 110 Å². The lowest BCUT2D eigenvalue weighted by molar-refractivity contribution is -0.142. The average molecular weight is 761 g/mol. The topological polar surface area (TPSA) is 171 Å². The monoisotopic (exact) mass is 760 g/mol. The van der Waals surface area contributed by atoms with E-state index in [2.05, 4.69) is 28.8 Å². The minimum atomic E-state index is -4.16. The minimum Gasteiger partial charge on any atom is -0.399 e. The Hall–Kier alpha value is -3.49. The van der Waals surface area contributed by atoms with E-state index in [-0.39, 0.29) is 40.6 Å². The number of methoxy groups -OCH3 is 1. The largest absolute Gasteiger partial charge is 0.399 e. The maximum absolute atomic E-state index is 14.3. The molecule has 0 bridgehead atoms. The van der Waals surface area contributed by atoms with Gasteiger partial charge in [-0.2, -0.15) is 0 Å². The third kappa shape index (κ3) is 10.8. The Morgan fingerprint density at radius 1 is 0.981 bits per heavy atom. The van der Waals surface area contributed by atoms with E-state index in [1.165, 1.54) is 31.4 Å². The lowest BCUT2D eigenvalue weighted by atomic mass is 9.84. The standard InChI is InChI=1S/C39H64N6O7S/c1-24(2)32(43(10)38(49)34(39(7,8)9)41-36(47)31-15-12-13-21-44(31)25(3)4)23-26(5)37(48)45-22-14-16-30(45)33(52-11)27(6)35(46)42-53(50,51)29-19-17-28(40)18-20-29/h17-20,23-25,27,30-34H,12-16,21-22,40H2,1-11H3,(H,41,47)(H,42,46)/b26-23+/t27-,30+,31-,32?,33-,34-/m1/s1. The van der Waals surface area contributed by atoms with Gasteiger partial charge in [0.2, 0.25) is 23.6 Å². The Morgan fingerprint density at radius 2 is 1.60 bits per heavy atom. The van der Waals surface area contributed by atoms with Crippen molar-refractivity contribution >= 4 is 39.3 Å². The first kappa shape index (κ1) is 43.9. The van der Waals surface area contributed by atoms with Gasteiger partial charge in [0.1, 0.15) is 6.04 Å². The smallest absolute Gasteiger partial charge is 0.264 e. The Morgan fingerprint density at radius 3 is 2.15 bits per heavy atom. The summed E-state index contributed by atoms with van der Waals surface area (Å²) in [4.78, 5) is 60.8. The van der Waals surface area contributed by atoms with Gasteiger partial charge in [-0.15, -0.1) is 0 Å². The molecule has 14 heteroatoms. The summed E-state index contributed by atoms with van der Waals surface area (Å²) in [5.74, 6) is -2.35. The lowest BCUT2D eigenvalue weighted by Crippen LogP contribution is -2.60. The summed E-state index contributed by atoms with van der Waals surface area (Å²) in [5.41, 5.74) is 5.93. The van der Waals surface area contributed by atoms with Gasteiger partial charge in [0.15, 0.2) is 0 Å². The summed E-state index contributed by atoms with van der Waals surface area (Å²) < 4.78 is 33.8. The molecule has 1 aromatic rings. The van der Waals surface area contributed by atoms with E-state index in [1.54, 1.807) is 36.8 Å². The lowest BCUT2D eigenvalue weighted by Gasteiger charge is -2.41. The van der Waals surface area contributed by atoms with Crippen molar-refractivity contribution in [2.24, 2.45) is 17.3 Å². The van der Waals surface area contributed by atoms with Gasteiger partial charge >= 0.3 is 0 Å². The Labute approximate surface area is 317 Å². The highest BCUT2D eigenvalue weighted by atomic mass is 32.2. The number of amides is 4. The van der Waals surface area contributed by atoms with Crippen molar-refractivity contribution in [1.82, 2.24) is 24.7 Å². The third-order valence-electron chi connectivity index (χ3n) is 10.7. The first-order chi connectivity index (χ1) is 24.6. The number of nitrogens with one attached hydrogen (secondary N) is 2. The van der Waals surface area contributed by atoms with Crippen molar-refractivity contribution < 1.29 is 32.3 Å². The molecule has 2 saturated heterocycles. The summed E-state index contributed by atoms with van der Waals surface area (Å²) in [6.07, 6.45) is 5.01. The number of hydrogen-bond acceptors (Lipinski definition) is 9. The van der Waals surface area contributed by atoms with Crippen LogP contribution >= 0.6 is 0 Å². The Kier molecular flexibility index (Phi) is 15.1. The van der Waals surface area contributed by atoms with Gasteiger partial charge in [-0.3, -0.25) is 24.1 Å². The normalized spacial score (nSPS) is 21.2. The number of anilines is 1. The van der Waals surface area contributed by atoms with Crippen molar-refractivity contribution in [2.45, 2.75) is 136 Å². The molecule has 298 valence electrons. The van der Waals surface area contributed by atoms with Crippen LogP contribution in [0.3, 0.4) is 0 Å². The van der Waals surface area contributed by atoms with Crippen molar-refractivity contribution in [1.29, 1.82) is 0 Å². The second-order valence-electron chi connectivity index (χ2n) is 16.4. The number of sulfonamides is 1. The molecule has 6 atom stereocenters. The Bertz CT molecular complexity index is 1590. The van der Waals surface area contributed by atoms with Crippen LogP contribution in [0.25, 0.3) is 0 Å². The van der Waals surface area contributed by atoms with E-state index >= 15 is 0 Å². The van der Waals surface area contributed by atoms with Crippen LogP contribution in [0.2, 0.25) is 0 Å². The zero-order chi connectivity index (χ0) is 40.0. The van der Waals surface area contributed by atoms with Crippen molar-refractivity contribution in [3.63, 3.8) is 0 Å². The molecule has 3 rings (SSSR count). The van der Waals surface area contributed by atoms with E-state index < -0.39 is 51.5 Å². The molecule has 0 spiro atoms. The van der Waals surface area contributed by atoms with Gasteiger partial charge in [-0.25, -0.2) is 13.1 Å². The van der Waals surface area contributed by atoms with Gasteiger partial charge < -0.3 is 25.6 Å². The second kappa shape index (κ2) is 18.2. The van der Waals surface area contributed by atoms with Gasteiger partial charge in [-0.1, -0.05) is 54.0 Å². The molecule has 4 amide bonds. The van der Waals surface area contributed by atoms with Crippen LogP contribution in [0.4, 0.5) is 5.69 Å². The minimum absolute atomic E-state index is 0.0642. The first-order valence-corrected chi connectivity index (χ1v) is 20.4. The average Bonchev–Trinajstić information content (AvgIpc) is 3.57. The molecule has 2 aliphatic heterocycles. The highest BCUT2D eigenvalue weighted by Crippen LogP contribution is 2.30. The summed E-state index contributed by atoms with van der Waals surface area (Å²) >= 11 is 0. The Balaban J connectivity index is 1.80. The summed E-state index contributed by atoms with van der Waals surface area (Å²) in [7, 11) is -1.000. The van der Waals surface area contributed by atoms with E-state index in [1.807, 2.05) is 34.6 Å². The molecule has 2 fully saturated rings. The number of nitrogen functional groups attached to an aromatic ring is 1. The van der Waals surface area contributed by atoms with Crippen LogP contribution in [-0.2, 0) is 33.9 Å². The number of benzene rings is 1. The zero-order valence-electron chi connectivity index (χ0n) is 33.6. The fourth-order valence-corrected chi connectivity index (χ4v) is 8.62. The molecular weight excluding hydrogens is 697 g/mol. The second-order valence-corrected chi connectivity index (χ2v) is 18.1. The van der Waals surface area contributed by atoms with E-state index in [0.29, 0.717) is 30.6 Å². The first-order valence-electron chi connectivity index (χ1n) is 18.9. The van der Waals surface area contributed by atoms with Gasteiger partial charge in [0, 0.05) is 38.0 Å². The number of carbonyl (C=O) groups is 4. The molecule has 13 nitrogen and oxygen atoms in total. The number of likely N-dealkylation sites (N-methyl/N-ethyl adjacent to an activating group) is 1. The van der Waals surface area contributed by atoms with Crippen molar-refractivity contribution in [2.75, 3.05) is 33.0 Å². The molecule has 1 unspecified atom stereocenters. The number of ether oxygens (including phenoxy) is 1. The molecule has 2 aliphatic rings. The number of hydrogen-bond donors (Lipinski definition) is 3. The van der Waals surface area contributed by atoms with Gasteiger partial charge in [0.05, 0.1) is 35.0 Å². The quantitative estimate of drug-likeness (QED) is 0.188. The number of rotatable bonds is 14. The SMILES string of the molecule is CO[C@H]([C@@H](C)C(=O)NS(=O)(=O)c1ccc(N)cc1)[C@@H]1CCCN1C(=O)/C(C)=C/C(C(C)C)N(C)C(=O)[C@@H](NC(=O)[C@H]1CCCCN1C(C)C)C(C)(C)C. The highest BCUT2D eigenvalue weighted by Gasteiger charge is 2.42. The summed E-state index contributed by atoms with van der Waals surface area (Å²) in [6.45, 7) is 18.5. The zero-order valence-corrected chi connectivity index (χ0v) is 34.5. The van der Waals surface area contributed by atoms with Gasteiger partial charge in [0.25, 0.3) is 10.0 Å². The molecule has 4 N–H and O–H groups in total. The molecular formula is C39H64N6O7S. The number of carbonyl (C=O) groups excluding carboxylic acids is 4. The molecule has 0 aromatic heterocycles.